The molecule has 1 amide bonds. The van der Waals surface area contributed by atoms with Crippen LogP contribution < -0.4 is 10.1 Å². The van der Waals surface area contributed by atoms with Crippen molar-refractivity contribution in [1.29, 1.82) is 0 Å². The standard InChI is InChI=1S/C39H61NO10/c1-2-3-4-5-6-7-8-9-10-11-12-16-19-32(42)35(44)31(27-48-39-38(47)37(46)36(45)33(26-41)50-39)40-34(43)25-22-28-20-23-30(24-21-28)49-29-17-14-13-15-18-29/h13-15,17-18,20-21,23-24,31-33,35-39,41-42,44-47H,2-12,16,19,22,25-27H2,1H3,(H,40,43)/t31-,32+,33?,35-,36-,37-,38?,39-/m0/s1. The van der Waals surface area contributed by atoms with Crippen molar-refractivity contribution in [3.63, 3.8) is 0 Å². The van der Waals surface area contributed by atoms with Gasteiger partial charge in [0, 0.05) is 6.42 Å². The Bertz CT molecular complexity index is 1170. The third kappa shape index (κ3) is 14.9. The summed E-state index contributed by atoms with van der Waals surface area (Å²) in [6.45, 7) is 1.24. The first-order chi connectivity index (χ1) is 24.2. The average Bonchev–Trinajstić information content (AvgIpc) is 3.13. The largest absolute Gasteiger partial charge is 0.457 e. The van der Waals surface area contributed by atoms with E-state index in [0.717, 1.165) is 30.6 Å². The van der Waals surface area contributed by atoms with Gasteiger partial charge in [-0.05, 0) is 42.7 Å². The number of benzene rings is 2. The quantitative estimate of drug-likeness (QED) is 0.0728. The maximum absolute atomic E-state index is 13.1. The molecule has 282 valence electrons. The predicted octanol–water partition coefficient (Wildman–Crippen LogP) is 4.53. The minimum absolute atomic E-state index is 0.0942. The monoisotopic (exact) mass is 703 g/mol. The Balaban J connectivity index is 1.48. The Kier molecular flexibility index (Phi) is 19.9. The second-order valence-electron chi connectivity index (χ2n) is 13.5. The zero-order valence-corrected chi connectivity index (χ0v) is 29.7. The molecule has 11 heteroatoms. The first-order valence-corrected chi connectivity index (χ1v) is 18.6. The summed E-state index contributed by atoms with van der Waals surface area (Å²) in [6.07, 6.45) is 4.99. The number of carbonyl (C=O) groups is 1. The van der Waals surface area contributed by atoms with Crippen molar-refractivity contribution in [1.82, 2.24) is 5.32 Å². The van der Waals surface area contributed by atoms with Crippen LogP contribution in [0.1, 0.15) is 102 Å². The second-order valence-corrected chi connectivity index (χ2v) is 13.5. The first kappa shape index (κ1) is 41.8. The average molecular weight is 704 g/mol. The normalized spacial score (nSPS) is 22.5. The van der Waals surface area contributed by atoms with Gasteiger partial charge in [0.15, 0.2) is 6.29 Å². The molecule has 50 heavy (non-hydrogen) atoms. The number of hydrogen-bond donors (Lipinski definition) is 7. The van der Waals surface area contributed by atoms with Crippen LogP contribution in [0.25, 0.3) is 0 Å². The lowest BCUT2D eigenvalue weighted by Crippen LogP contribution is -2.60. The molecule has 1 fully saturated rings. The minimum Gasteiger partial charge on any atom is -0.457 e. The molecule has 3 rings (SSSR count). The van der Waals surface area contributed by atoms with Crippen LogP contribution in [0.15, 0.2) is 54.6 Å². The number of para-hydroxylation sites is 1. The predicted molar refractivity (Wildman–Crippen MR) is 191 cm³/mol. The van der Waals surface area contributed by atoms with Crippen LogP contribution in [-0.4, -0.2) is 98.7 Å². The fourth-order valence-corrected chi connectivity index (χ4v) is 6.15. The molecule has 0 saturated carbocycles. The summed E-state index contributed by atoms with van der Waals surface area (Å²) in [6, 6.07) is 15.7. The van der Waals surface area contributed by atoms with Crippen LogP contribution >= 0.6 is 0 Å². The first-order valence-electron chi connectivity index (χ1n) is 18.6. The van der Waals surface area contributed by atoms with Gasteiger partial charge in [0.2, 0.25) is 5.91 Å². The van der Waals surface area contributed by atoms with E-state index >= 15 is 0 Å². The van der Waals surface area contributed by atoms with Crippen LogP contribution in [0.3, 0.4) is 0 Å². The molecule has 2 unspecified atom stereocenters. The van der Waals surface area contributed by atoms with Crippen molar-refractivity contribution in [2.45, 2.75) is 152 Å². The molecule has 0 radical (unpaired) electrons. The maximum atomic E-state index is 13.1. The van der Waals surface area contributed by atoms with Gasteiger partial charge in [0.25, 0.3) is 0 Å². The third-order valence-electron chi connectivity index (χ3n) is 9.34. The molecule has 0 bridgehead atoms. The molecule has 1 saturated heterocycles. The molecule has 0 aliphatic carbocycles. The molecule has 8 atom stereocenters. The highest BCUT2D eigenvalue weighted by atomic mass is 16.7. The molecule has 0 spiro atoms. The minimum atomic E-state index is -1.64. The fraction of sp³-hybridized carbons (Fsp3) is 0.667. The van der Waals surface area contributed by atoms with Gasteiger partial charge >= 0.3 is 0 Å². The number of rotatable bonds is 25. The molecule has 0 aromatic heterocycles. The van der Waals surface area contributed by atoms with Gasteiger partial charge in [-0.1, -0.05) is 114 Å². The van der Waals surface area contributed by atoms with E-state index in [4.69, 9.17) is 14.2 Å². The van der Waals surface area contributed by atoms with Crippen LogP contribution in [0.4, 0.5) is 0 Å². The zero-order chi connectivity index (χ0) is 36.1. The van der Waals surface area contributed by atoms with E-state index in [-0.39, 0.29) is 18.9 Å². The summed E-state index contributed by atoms with van der Waals surface area (Å²) >= 11 is 0. The molecule has 2 aromatic carbocycles. The highest BCUT2D eigenvalue weighted by Crippen LogP contribution is 2.24. The topological polar surface area (TPSA) is 178 Å². The van der Waals surface area contributed by atoms with Gasteiger partial charge in [-0.15, -0.1) is 0 Å². The van der Waals surface area contributed by atoms with E-state index in [1.54, 1.807) is 0 Å². The van der Waals surface area contributed by atoms with E-state index in [1.807, 2.05) is 54.6 Å². The Hall–Kier alpha value is -2.61. The summed E-state index contributed by atoms with van der Waals surface area (Å²) in [5.41, 5.74) is 0.905. The number of aliphatic hydroxyl groups excluding tert-OH is 6. The highest BCUT2D eigenvalue weighted by Gasteiger charge is 2.44. The van der Waals surface area contributed by atoms with Gasteiger partial charge in [-0.3, -0.25) is 4.79 Å². The molecule has 2 aromatic rings. The van der Waals surface area contributed by atoms with Crippen molar-refractivity contribution in [2.24, 2.45) is 0 Å². The Labute approximate surface area is 297 Å². The Morgan fingerprint density at radius 3 is 1.96 bits per heavy atom. The third-order valence-corrected chi connectivity index (χ3v) is 9.34. The summed E-state index contributed by atoms with van der Waals surface area (Å²) in [4.78, 5) is 13.1. The SMILES string of the molecule is CCCCCCCCCCCCCC[C@@H](O)[C@@H](O)[C@H](CO[C@H]1OC(CO)[C@H](O)[C@H](O)C1O)NC(=O)CCc1ccc(Oc2ccccc2)cc1. The van der Waals surface area contributed by atoms with E-state index < -0.39 is 55.6 Å². The molecule has 7 N–H and O–H groups in total. The van der Waals surface area contributed by atoms with Crippen molar-refractivity contribution >= 4 is 5.91 Å². The van der Waals surface area contributed by atoms with Gasteiger partial charge in [0.1, 0.15) is 42.0 Å². The van der Waals surface area contributed by atoms with E-state index in [1.165, 1.54) is 51.4 Å². The summed E-state index contributed by atoms with van der Waals surface area (Å²) < 4.78 is 16.9. The van der Waals surface area contributed by atoms with Crippen LogP contribution in [0, 0.1) is 0 Å². The van der Waals surface area contributed by atoms with E-state index in [0.29, 0.717) is 25.0 Å². The van der Waals surface area contributed by atoms with Crippen LogP contribution in [0.5, 0.6) is 11.5 Å². The van der Waals surface area contributed by atoms with E-state index in [9.17, 15) is 35.4 Å². The molecular weight excluding hydrogens is 642 g/mol. The number of aliphatic hydroxyl groups is 6. The number of carbonyl (C=O) groups excluding carboxylic acids is 1. The second kappa shape index (κ2) is 23.8. The number of ether oxygens (including phenoxy) is 3. The Morgan fingerprint density at radius 2 is 1.36 bits per heavy atom. The zero-order valence-electron chi connectivity index (χ0n) is 29.7. The Morgan fingerprint density at radius 1 is 0.780 bits per heavy atom. The van der Waals surface area contributed by atoms with Gasteiger partial charge in [-0.25, -0.2) is 0 Å². The van der Waals surface area contributed by atoms with Crippen molar-refractivity contribution in [3.05, 3.63) is 60.2 Å². The smallest absolute Gasteiger partial charge is 0.220 e. The van der Waals surface area contributed by atoms with Gasteiger partial charge in [-0.2, -0.15) is 0 Å². The van der Waals surface area contributed by atoms with Crippen LogP contribution in [-0.2, 0) is 20.7 Å². The summed E-state index contributed by atoms with van der Waals surface area (Å²) in [5, 5.41) is 64.9. The summed E-state index contributed by atoms with van der Waals surface area (Å²) in [7, 11) is 0. The number of amides is 1. The number of hydrogen-bond acceptors (Lipinski definition) is 10. The molecule has 1 aliphatic rings. The lowest BCUT2D eigenvalue weighted by atomic mass is 9.98. The lowest BCUT2D eigenvalue weighted by molar-refractivity contribution is -0.303. The maximum Gasteiger partial charge on any atom is 0.220 e. The highest BCUT2D eigenvalue weighted by molar-refractivity contribution is 5.76. The molecular formula is C39H61NO10. The number of unbranched alkanes of at least 4 members (excludes halogenated alkanes) is 11. The number of aryl methyl sites for hydroxylation is 1. The lowest BCUT2D eigenvalue weighted by Gasteiger charge is -2.40. The van der Waals surface area contributed by atoms with Crippen molar-refractivity contribution < 1.29 is 49.6 Å². The van der Waals surface area contributed by atoms with Crippen molar-refractivity contribution in [3.8, 4) is 11.5 Å². The van der Waals surface area contributed by atoms with Gasteiger partial charge in [0.05, 0.1) is 25.4 Å². The fourth-order valence-electron chi connectivity index (χ4n) is 6.15. The molecule has 1 heterocycles. The summed E-state index contributed by atoms with van der Waals surface area (Å²) in [5.74, 6) is 1.00. The number of nitrogens with one attached hydrogen (secondary N) is 1. The van der Waals surface area contributed by atoms with Gasteiger partial charge < -0.3 is 50.2 Å². The molecule has 11 nitrogen and oxygen atoms in total. The molecule has 1 aliphatic heterocycles. The van der Waals surface area contributed by atoms with Crippen LogP contribution in [0.2, 0.25) is 0 Å². The van der Waals surface area contributed by atoms with Crippen molar-refractivity contribution in [2.75, 3.05) is 13.2 Å². The van der Waals surface area contributed by atoms with E-state index in [2.05, 4.69) is 12.2 Å².